The van der Waals surface area contributed by atoms with Gasteiger partial charge in [-0.2, -0.15) is 0 Å². The average molecular weight is 415 g/mol. The third-order valence-corrected chi connectivity index (χ3v) is 4.36. The predicted octanol–water partition coefficient (Wildman–Crippen LogP) is 6.26. The van der Waals surface area contributed by atoms with Gasteiger partial charge in [-0.1, -0.05) is 13.8 Å². The number of rotatable bonds is 7. The third-order valence-electron chi connectivity index (χ3n) is 3.74. The molecule has 3 aromatic rings. The van der Waals surface area contributed by atoms with Gasteiger partial charge in [-0.05, 0) is 71.2 Å². The van der Waals surface area contributed by atoms with Crippen molar-refractivity contribution in [2.24, 2.45) is 5.92 Å². The monoisotopic (exact) mass is 414 g/mol. The van der Waals surface area contributed by atoms with Crippen LogP contribution in [-0.2, 0) is 0 Å². The maximum Gasteiger partial charge on any atom is 0.219 e. The van der Waals surface area contributed by atoms with Crippen molar-refractivity contribution in [1.82, 2.24) is 4.98 Å². The van der Waals surface area contributed by atoms with Crippen molar-refractivity contribution >= 4 is 32.5 Å². The highest BCUT2D eigenvalue weighted by molar-refractivity contribution is 9.10. The largest absolute Gasteiger partial charge is 0.492 e. The average Bonchev–Trinajstić information content (AvgIpc) is 2.61. The summed E-state index contributed by atoms with van der Waals surface area (Å²) >= 11 is 3.54. The molecule has 1 aromatic heterocycles. The molecule has 0 spiro atoms. The number of nitrogens with zero attached hydrogens (tertiary/aromatic N) is 1. The molecule has 136 valence electrons. The van der Waals surface area contributed by atoms with Crippen molar-refractivity contribution < 1.29 is 9.47 Å². The van der Waals surface area contributed by atoms with Crippen LogP contribution in [0.4, 0.5) is 5.69 Å². The maximum absolute atomic E-state index is 5.91. The summed E-state index contributed by atoms with van der Waals surface area (Å²) in [6.07, 6.45) is 0. The van der Waals surface area contributed by atoms with Crippen molar-refractivity contribution in [2.45, 2.75) is 20.8 Å². The molecule has 0 aliphatic carbocycles. The zero-order chi connectivity index (χ0) is 18.5. The summed E-state index contributed by atoms with van der Waals surface area (Å²) in [7, 11) is 0. The molecule has 0 saturated carbocycles. The molecule has 1 heterocycles. The van der Waals surface area contributed by atoms with Crippen LogP contribution < -0.4 is 14.8 Å². The van der Waals surface area contributed by atoms with Gasteiger partial charge in [-0.3, -0.25) is 0 Å². The van der Waals surface area contributed by atoms with E-state index in [1.54, 1.807) is 0 Å². The lowest BCUT2D eigenvalue weighted by Gasteiger charge is -2.12. The zero-order valence-corrected chi connectivity index (χ0v) is 16.8. The molecule has 0 atom stereocenters. The van der Waals surface area contributed by atoms with Gasteiger partial charge >= 0.3 is 0 Å². The Labute approximate surface area is 162 Å². The molecule has 0 bridgehead atoms. The number of benzene rings is 2. The van der Waals surface area contributed by atoms with E-state index in [2.05, 4.69) is 53.1 Å². The number of hydrogen-bond acceptors (Lipinski definition) is 4. The molecule has 4 nitrogen and oxygen atoms in total. The second-order valence-electron chi connectivity index (χ2n) is 6.49. The van der Waals surface area contributed by atoms with E-state index in [4.69, 9.17) is 9.47 Å². The van der Waals surface area contributed by atoms with E-state index in [0.29, 0.717) is 24.2 Å². The summed E-state index contributed by atoms with van der Waals surface area (Å²) < 4.78 is 12.5. The molecule has 0 radical (unpaired) electrons. The first-order valence-corrected chi connectivity index (χ1v) is 9.59. The van der Waals surface area contributed by atoms with Crippen molar-refractivity contribution in [3.8, 4) is 17.4 Å². The molecule has 5 heteroatoms. The second-order valence-corrected chi connectivity index (χ2v) is 7.34. The third kappa shape index (κ3) is 4.67. The minimum Gasteiger partial charge on any atom is -0.492 e. The summed E-state index contributed by atoms with van der Waals surface area (Å²) in [4.78, 5) is 4.59. The van der Waals surface area contributed by atoms with Crippen LogP contribution in [-0.4, -0.2) is 18.1 Å². The Morgan fingerprint density at radius 3 is 2.65 bits per heavy atom. The van der Waals surface area contributed by atoms with E-state index in [1.807, 2.05) is 42.5 Å². The minimum absolute atomic E-state index is 0.479. The first kappa shape index (κ1) is 18.5. The van der Waals surface area contributed by atoms with Crippen molar-refractivity contribution in [3.05, 3.63) is 53.0 Å². The standard InChI is InChI=1S/C21H23BrN2O2/c1-4-23-16-6-8-19-15(11-16)5-10-21(24-19)26-17-7-9-20(18(22)12-17)25-13-14(2)3/h5-12,14,23H,4,13H2,1-3H3. The molecule has 0 aliphatic heterocycles. The van der Waals surface area contributed by atoms with E-state index in [-0.39, 0.29) is 0 Å². The highest BCUT2D eigenvalue weighted by Crippen LogP contribution is 2.32. The molecule has 0 unspecified atom stereocenters. The molecule has 0 aliphatic rings. The lowest BCUT2D eigenvalue weighted by molar-refractivity contribution is 0.269. The maximum atomic E-state index is 5.91. The summed E-state index contributed by atoms with van der Waals surface area (Å²) in [6.45, 7) is 7.90. The lowest BCUT2D eigenvalue weighted by atomic mass is 10.2. The normalized spacial score (nSPS) is 11.0. The molecule has 0 amide bonds. The van der Waals surface area contributed by atoms with Crippen LogP contribution in [0.2, 0.25) is 0 Å². The minimum atomic E-state index is 0.479. The number of pyridine rings is 1. The molecule has 26 heavy (non-hydrogen) atoms. The van der Waals surface area contributed by atoms with Crippen LogP contribution in [0.25, 0.3) is 10.9 Å². The van der Waals surface area contributed by atoms with Crippen LogP contribution in [0, 0.1) is 5.92 Å². The van der Waals surface area contributed by atoms with Gasteiger partial charge in [0.15, 0.2) is 0 Å². The van der Waals surface area contributed by atoms with Gasteiger partial charge in [0.25, 0.3) is 0 Å². The summed E-state index contributed by atoms with van der Waals surface area (Å²) in [6, 6.07) is 15.7. The molecule has 3 rings (SSSR count). The van der Waals surface area contributed by atoms with Crippen molar-refractivity contribution in [3.63, 3.8) is 0 Å². The van der Waals surface area contributed by atoms with Gasteiger partial charge in [-0.15, -0.1) is 0 Å². The van der Waals surface area contributed by atoms with Gasteiger partial charge in [0, 0.05) is 23.7 Å². The lowest BCUT2D eigenvalue weighted by Crippen LogP contribution is -2.04. The van der Waals surface area contributed by atoms with E-state index < -0.39 is 0 Å². The first-order valence-electron chi connectivity index (χ1n) is 8.80. The van der Waals surface area contributed by atoms with Crippen LogP contribution in [0.5, 0.6) is 17.4 Å². The SMILES string of the molecule is CCNc1ccc2nc(Oc3ccc(OCC(C)C)c(Br)c3)ccc2c1. The number of fused-ring (bicyclic) bond motifs is 1. The summed E-state index contributed by atoms with van der Waals surface area (Å²) in [5.74, 6) is 2.57. The van der Waals surface area contributed by atoms with Crippen LogP contribution in [0.1, 0.15) is 20.8 Å². The fourth-order valence-corrected chi connectivity index (χ4v) is 2.99. The fraction of sp³-hybridized carbons (Fsp3) is 0.286. The molecular weight excluding hydrogens is 392 g/mol. The van der Waals surface area contributed by atoms with E-state index >= 15 is 0 Å². The van der Waals surface area contributed by atoms with E-state index in [0.717, 1.165) is 33.4 Å². The highest BCUT2D eigenvalue weighted by atomic mass is 79.9. The van der Waals surface area contributed by atoms with E-state index in [1.165, 1.54) is 0 Å². The zero-order valence-electron chi connectivity index (χ0n) is 15.3. The Hall–Kier alpha value is -2.27. The van der Waals surface area contributed by atoms with Gasteiger partial charge in [-0.25, -0.2) is 4.98 Å². The first-order chi connectivity index (χ1) is 12.5. The van der Waals surface area contributed by atoms with Gasteiger partial charge in [0.1, 0.15) is 11.5 Å². The molecule has 0 saturated heterocycles. The summed E-state index contributed by atoms with van der Waals surface area (Å²) in [5.41, 5.74) is 2.00. The number of halogens is 1. The number of anilines is 1. The van der Waals surface area contributed by atoms with Gasteiger partial charge < -0.3 is 14.8 Å². The number of nitrogens with one attached hydrogen (secondary N) is 1. The number of ether oxygens (including phenoxy) is 2. The number of hydrogen-bond donors (Lipinski definition) is 1. The Morgan fingerprint density at radius 2 is 1.92 bits per heavy atom. The number of aromatic nitrogens is 1. The topological polar surface area (TPSA) is 43.4 Å². The van der Waals surface area contributed by atoms with Crippen LogP contribution >= 0.6 is 15.9 Å². The Bertz CT molecular complexity index is 896. The summed E-state index contributed by atoms with van der Waals surface area (Å²) in [5, 5.41) is 4.38. The molecule has 2 aromatic carbocycles. The quantitative estimate of drug-likeness (QED) is 0.495. The van der Waals surface area contributed by atoms with E-state index in [9.17, 15) is 0 Å². The second kappa shape index (κ2) is 8.41. The Morgan fingerprint density at radius 1 is 1.08 bits per heavy atom. The predicted molar refractivity (Wildman–Crippen MR) is 110 cm³/mol. The van der Waals surface area contributed by atoms with Gasteiger partial charge in [0.2, 0.25) is 5.88 Å². The highest BCUT2D eigenvalue weighted by Gasteiger charge is 2.07. The van der Waals surface area contributed by atoms with Crippen LogP contribution in [0.3, 0.4) is 0 Å². The molecular formula is C21H23BrN2O2. The molecule has 1 N–H and O–H groups in total. The Balaban J connectivity index is 1.75. The van der Waals surface area contributed by atoms with Crippen molar-refractivity contribution in [1.29, 1.82) is 0 Å². The van der Waals surface area contributed by atoms with Crippen LogP contribution in [0.15, 0.2) is 53.0 Å². The van der Waals surface area contributed by atoms with Gasteiger partial charge in [0.05, 0.1) is 16.6 Å². The molecule has 0 fully saturated rings. The van der Waals surface area contributed by atoms with Crippen molar-refractivity contribution in [2.75, 3.05) is 18.5 Å². The fourth-order valence-electron chi connectivity index (χ4n) is 2.52. The smallest absolute Gasteiger partial charge is 0.219 e. The Kier molecular flexibility index (Phi) is 5.99.